The van der Waals surface area contributed by atoms with Crippen LogP contribution in [0, 0.1) is 5.92 Å². The predicted molar refractivity (Wildman–Crippen MR) is 69.8 cm³/mol. The summed E-state index contributed by atoms with van der Waals surface area (Å²) in [6, 6.07) is 0. The second kappa shape index (κ2) is 7.63. The van der Waals surface area contributed by atoms with E-state index in [0.29, 0.717) is 13.0 Å². The molecule has 1 aliphatic heterocycles. The molecule has 5 nitrogen and oxygen atoms in total. The van der Waals surface area contributed by atoms with Crippen LogP contribution in [-0.4, -0.2) is 68.6 Å². The highest BCUT2D eigenvalue weighted by Gasteiger charge is 2.13. The third kappa shape index (κ3) is 6.00. The molecular weight excluding hydrogens is 216 g/mol. The molecule has 0 spiro atoms. The molecular formula is C12H26N4O. The average Bonchev–Trinajstić information content (AvgIpc) is 2.31. The summed E-state index contributed by atoms with van der Waals surface area (Å²) in [7, 11) is 2.15. The molecule has 0 radical (unpaired) electrons. The van der Waals surface area contributed by atoms with E-state index in [0.717, 1.165) is 39.3 Å². The van der Waals surface area contributed by atoms with E-state index in [-0.39, 0.29) is 11.8 Å². The molecule has 1 aliphatic rings. The zero-order valence-electron chi connectivity index (χ0n) is 11.1. The summed E-state index contributed by atoms with van der Waals surface area (Å²) >= 11 is 0. The molecule has 1 heterocycles. The monoisotopic (exact) mass is 242 g/mol. The smallest absolute Gasteiger partial charge is 0.220 e. The van der Waals surface area contributed by atoms with Crippen molar-refractivity contribution >= 4 is 5.91 Å². The highest BCUT2D eigenvalue weighted by molar-refractivity contribution is 5.76. The number of nitrogens with one attached hydrogen (secondary N) is 1. The number of hydrogen-bond acceptors (Lipinski definition) is 4. The van der Waals surface area contributed by atoms with Gasteiger partial charge in [0.25, 0.3) is 0 Å². The first kappa shape index (κ1) is 14.4. The molecule has 5 heteroatoms. The number of nitrogens with zero attached hydrogens (tertiary/aromatic N) is 2. The Morgan fingerprint density at radius 2 is 2.00 bits per heavy atom. The van der Waals surface area contributed by atoms with Crippen molar-refractivity contribution in [1.29, 1.82) is 0 Å². The Hall–Kier alpha value is -0.650. The Kier molecular flexibility index (Phi) is 6.47. The molecule has 0 aromatic rings. The third-order valence-corrected chi connectivity index (χ3v) is 3.28. The van der Waals surface area contributed by atoms with Gasteiger partial charge in [-0.3, -0.25) is 9.69 Å². The molecule has 0 saturated carbocycles. The fourth-order valence-electron chi connectivity index (χ4n) is 1.90. The summed E-state index contributed by atoms with van der Waals surface area (Å²) < 4.78 is 0. The van der Waals surface area contributed by atoms with Crippen molar-refractivity contribution in [1.82, 2.24) is 15.1 Å². The standard InChI is InChI=1S/C12H26N4O/c1-11(10-13)9-12(17)14-3-4-16-7-5-15(2)6-8-16/h11H,3-10,13H2,1-2H3,(H,14,17). The summed E-state index contributed by atoms with van der Waals surface area (Å²) in [5.74, 6) is 0.399. The molecule has 0 aromatic heterocycles. The van der Waals surface area contributed by atoms with Crippen LogP contribution in [0.25, 0.3) is 0 Å². The molecule has 100 valence electrons. The highest BCUT2D eigenvalue weighted by atomic mass is 16.1. The van der Waals surface area contributed by atoms with E-state index in [9.17, 15) is 4.79 Å². The average molecular weight is 242 g/mol. The number of piperazine rings is 1. The molecule has 1 fully saturated rings. The van der Waals surface area contributed by atoms with Crippen LogP contribution < -0.4 is 11.1 Å². The summed E-state index contributed by atoms with van der Waals surface area (Å²) in [4.78, 5) is 16.2. The number of carbonyl (C=O) groups is 1. The number of nitrogens with two attached hydrogens (primary N) is 1. The second-order valence-corrected chi connectivity index (χ2v) is 5.04. The Labute approximate surface area is 104 Å². The van der Waals surface area contributed by atoms with Gasteiger partial charge in [-0.15, -0.1) is 0 Å². The Morgan fingerprint density at radius 1 is 1.35 bits per heavy atom. The lowest BCUT2D eigenvalue weighted by atomic mass is 10.1. The molecule has 3 N–H and O–H groups in total. The minimum Gasteiger partial charge on any atom is -0.355 e. The van der Waals surface area contributed by atoms with Crippen molar-refractivity contribution in [3.8, 4) is 0 Å². The maximum Gasteiger partial charge on any atom is 0.220 e. The SMILES string of the molecule is CC(CN)CC(=O)NCCN1CCN(C)CC1. The van der Waals surface area contributed by atoms with Crippen LogP contribution in [0.15, 0.2) is 0 Å². The normalized spacial score (nSPS) is 20.2. The first-order valence-corrected chi connectivity index (χ1v) is 6.49. The third-order valence-electron chi connectivity index (χ3n) is 3.28. The van der Waals surface area contributed by atoms with Gasteiger partial charge in [0.2, 0.25) is 5.91 Å². The fourth-order valence-corrected chi connectivity index (χ4v) is 1.90. The van der Waals surface area contributed by atoms with E-state index < -0.39 is 0 Å². The van der Waals surface area contributed by atoms with Crippen LogP contribution in [0.2, 0.25) is 0 Å². The van der Waals surface area contributed by atoms with Gasteiger partial charge < -0.3 is 16.0 Å². The van der Waals surface area contributed by atoms with Gasteiger partial charge in [0.1, 0.15) is 0 Å². The van der Waals surface area contributed by atoms with Crippen LogP contribution in [-0.2, 0) is 4.79 Å². The lowest BCUT2D eigenvalue weighted by Gasteiger charge is -2.32. The highest BCUT2D eigenvalue weighted by Crippen LogP contribution is 1.99. The summed E-state index contributed by atoms with van der Waals surface area (Å²) in [6.07, 6.45) is 0.541. The predicted octanol–water partition coefficient (Wildman–Crippen LogP) is -0.665. The lowest BCUT2D eigenvalue weighted by Crippen LogP contribution is -2.47. The zero-order chi connectivity index (χ0) is 12.7. The van der Waals surface area contributed by atoms with Gasteiger partial charge in [0.05, 0.1) is 0 Å². The molecule has 1 amide bonds. The van der Waals surface area contributed by atoms with Crippen molar-refractivity contribution < 1.29 is 4.79 Å². The van der Waals surface area contributed by atoms with Crippen molar-refractivity contribution in [2.24, 2.45) is 11.7 Å². The van der Waals surface area contributed by atoms with Gasteiger partial charge in [-0.25, -0.2) is 0 Å². The van der Waals surface area contributed by atoms with E-state index in [1.54, 1.807) is 0 Å². The minimum absolute atomic E-state index is 0.122. The molecule has 1 unspecified atom stereocenters. The Balaban J connectivity index is 2.05. The Morgan fingerprint density at radius 3 is 2.59 bits per heavy atom. The number of carbonyl (C=O) groups excluding carboxylic acids is 1. The quantitative estimate of drug-likeness (QED) is 0.649. The molecule has 1 saturated heterocycles. The molecule has 0 aromatic carbocycles. The number of rotatable bonds is 6. The number of amides is 1. The minimum atomic E-state index is 0.122. The largest absolute Gasteiger partial charge is 0.355 e. The first-order chi connectivity index (χ1) is 8.11. The van der Waals surface area contributed by atoms with Crippen LogP contribution in [0.5, 0.6) is 0 Å². The first-order valence-electron chi connectivity index (χ1n) is 6.49. The second-order valence-electron chi connectivity index (χ2n) is 5.04. The lowest BCUT2D eigenvalue weighted by molar-refractivity contribution is -0.121. The van der Waals surface area contributed by atoms with Gasteiger partial charge in [-0.1, -0.05) is 6.92 Å². The molecule has 0 bridgehead atoms. The molecule has 0 aliphatic carbocycles. The van der Waals surface area contributed by atoms with E-state index in [4.69, 9.17) is 5.73 Å². The summed E-state index contributed by atoms with van der Waals surface area (Å²) in [5.41, 5.74) is 5.49. The summed E-state index contributed by atoms with van der Waals surface area (Å²) in [6.45, 7) is 8.73. The van der Waals surface area contributed by atoms with E-state index in [1.165, 1.54) is 0 Å². The van der Waals surface area contributed by atoms with Gasteiger partial charge in [-0.05, 0) is 19.5 Å². The Bertz CT molecular complexity index is 227. The van der Waals surface area contributed by atoms with Gasteiger partial charge in [0.15, 0.2) is 0 Å². The van der Waals surface area contributed by atoms with Crippen molar-refractivity contribution in [2.45, 2.75) is 13.3 Å². The van der Waals surface area contributed by atoms with Crippen molar-refractivity contribution in [3.05, 3.63) is 0 Å². The van der Waals surface area contributed by atoms with Crippen LogP contribution >= 0.6 is 0 Å². The number of likely N-dealkylation sites (N-methyl/N-ethyl adjacent to an activating group) is 1. The van der Waals surface area contributed by atoms with Gasteiger partial charge in [-0.2, -0.15) is 0 Å². The van der Waals surface area contributed by atoms with E-state index in [2.05, 4.69) is 22.2 Å². The van der Waals surface area contributed by atoms with Crippen molar-refractivity contribution in [3.63, 3.8) is 0 Å². The summed E-state index contributed by atoms with van der Waals surface area (Å²) in [5, 5.41) is 2.96. The van der Waals surface area contributed by atoms with Crippen molar-refractivity contribution in [2.75, 3.05) is 52.9 Å². The van der Waals surface area contributed by atoms with Crippen LogP contribution in [0.1, 0.15) is 13.3 Å². The fraction of sp³-hybridized carbons (Fsp3) is 0.917. The maximum absolute atomic E-state index is 11.5. The zero-order valence-corrected chi connectivity index (χ0v) is 11.1. The van der Waals surface area contributed by atoms with Gasteiger partial charge in [0, 0.05) is 45.7 Å². The van der Waals surface area contributed by atoms with Crippen LogP contribution in [0.3, 0.4) is 0 Å². The molecule has 1 rings (SSSR count). The van der Waals surface area contributed by atoms with Gasteiger partial charge >= 0.3 is 0 Å². The number of hydrogen-bond donors (Lipinski definition) is 2. The maximum atomic E-state index is 11.5. The van der Waals surface area contributed by atoms with E-state index >= 15 is 0 Å². The topological polar surface area (TPSA) is 61.6 Å². The molecule has 17 heavy (non-hydrogen) atoms. The molecule has 1 atom stereocenters. The van der Waals surface area contributed by atoms with E-state index in [1.807, 2.05) is 6.92 Å². The van der Waals surface area contributed by atoms with Crippen LogP contribution in [0.4, 0.5) is 0 Å².